The van der Waals surface area contributed by atoms with Crippen LogP contribution in [0, 0.1) is 6.92 Å². The molecule has 0 bridgehead atoms. The monoisotopic (exact) mass is 349 g/mol. The van der Waals surface area contributed by atoms with E-state index in [2.05, 4.69) is 10.3 Å². The van der Waals surface area contributed by atoms with Crippen molar-refractivity contribution in [1.82, 2.24) is 9.55 Å². The van der Waals surface area contributed by atoms with Gasteiger partial charge in [-0.2, -0.15) is 0 Å². The highest BCUT2D eigenvalue weighted by atomic mass is 32.2. The molecule has 126 valence electrons. The molecule has 1 amide bonds. The second kappa shape index (κ2) is 7.85. The van der Waals surface area contributed by atoms with Crippen LogP contribution in [0.4, 0.5) is 5.69 Å². The van der Waals surface area contributed by atoms with Gasteiger partial charge in [0.1, 0.15) is 5.82 Å². The van der Waals surface area contributed by atoms with Crippen molar-refractivity contribution < 1.29 is 4.79 Å². The lowest BCUT2D eigenvalue weighted by Gasteiger charge is -2.07. The van der Waals surface area contributed by atoms with Crippen LogP contribution >= 0.6 is 11.8 Å². The van der Waals surface area contributed by atoms with E-state index in [-0.39, 0.29) is 5.91 Å². The normalized spacial score (nSPS) is 11.0. The first-order chi connectivity index (χ1) is 12.1. The van der Waals surface area contributed by atoms with Gasteiger partial charge in [0, 0.05) is 29.3 Å². The minimum Gasteiger partial charge on any atom is -0.331 e. The van der Waals surface area contributed by atoms with Gasteiger partial charge in [0.25, 0.3) is 0 Å². The highest BCUT2D eigenvalue weighted by Crippen LogP contribution is 2.23. The number of hydrogen-bond donors (Lipinski definition) is 1. The highest BCUT2D eigenvalue weighted by Gasteiger charge is 2.07. The number of aryl methyl sites for hydroxylation is 1. The number of anilines is 1. The summed E-state index contributed by atoms with van der Waals surface area (Å²) in [4.78, 5) is 17.5. The zero-order valence-electron chi connectivity index (χ0n) is 14.1. The molecule has 4 nitrogen and oxygen atoms in total. The summed E-state index contributed by atoms with van der Waals surface area (Å²) in [5, 5.41) is 4.69. The van der Waals surface area contributed by atoms with Gasteiger partial charge >= 0.3 is 0 Å². The van der Waals surface area contributed by atoms with Gasteiger partial charge in [0.15, 0.2) is 0 Å². The Labute approximate surface area is 151 Å². The van der Waals surface area contributed by atoms with Crippen LogP contribution in [0.5, 0.6) is 0 Å². The molecule has 0 spiro atoms. The third-order valence-corrected chi connectivity index (χ3v) is 4.63. The maximum absolute atomic E-state index is 12.1. The molecule has 0 atom stereocenters. The Bertz CT molecular complexity index is 900. The van der Waals surface area contributed by atoms with E-state index in [0.717, 1.165) is 27.7 Å². The number of carbonyl (C=O) groups is 1. The minimum absolute atomic E-state index is 0.151. The van der Waals surface area contributed by atoms with Gasteiger partial charge in [-0.15, -0.1) is 0 Å². The molecule has 0 aliphatic rings. The lowest BCUT2D eigenvalue weighted by atomic mass is 10.1. The average molecular weight is 349 g/mol. The molecular weight excluding hydrogens is 330 g/mol. The van der Waals surface area contributed by atoms with E-state index in [1.54, 1.807) is 11.5 Å². The van der Waals surface area contributed by atoms with E-state index < -0.39 is 0 Å². The molecular formula is C20H19N3OS. The number of benzene rings is 2. The Hall–Kier alpha value is -2.79. The van der Waals surface area contributed by atoms with Gasteiger partial charge in [-0.3, -0.25) is 4.79 Å². The molecule has 0 fully saturated rings. The molecule has 0 radical (unpaired) electrons. The summed E-state index contributed by atoms with van der Waals surface area (Å²) in [6.07, 6.45) is 3.38. The first-order valence-corrected chi connectivity index (χ1v) is 8.79. The van der Waals surface area contributed by atoms with Crippen LogP contribution in [0.1, 0.15) is 5.82 Å². The summed E-state index contributed by atoms with van der Waals surface area (Å²) in [6.45, 7) is 1.96. The quantitative estimate of drug-likeness (QED) is 0.539. The van der Waals surface area contributed by atoms with Crippen LogP contribution in [0.15, 0.2) is 77.2 Å². The Morgan fingerprint density at radius 2 is 1.96 bits per heavy atom. The number of imidazole rings is 1. The fourth-order valence-corrected chi connectivity index (χ4v) is 3.05. The fraction of sp³-hybridized carbons (Fsp3) is 0.100. The zero-order valence-corrected chi connectivity index (χ0v) is 15.0. The third-order valence-electron chi connectivity index (χ3n) is 3.81. The molecule has 1 heterocycles. The average Bonchev–Trinajstić information content (AvgIpc) is 2.95. The number of rotatable bonds is 5. The highest BCUT2D eigenvalue weighted by molar-refractivity contribution is 8.02. The first kappa shape index (κ1) is 17.0. The van der Waals surface area contributed by atoms with E-state index in [1.165, 1.54) is 11.8 Å². The van der Waals surface area contributed by atoms with E-state index in [4.69, 9.17) is 0 Å². The fourth-order valence-electron chi connectivity index (χ4n) is 2.38. The Morgan fingerprint density at radius 3 is 2.68 bits per heavy atom. The summed E-state index contributed by atoms with van der Waals surface area (Å²) in [5.74, 6) is 0.798. The van der Waals surface area contributed by atoms with Crippen molar-refractivity contribution in [2.75, 3.05) is 5.32 Å². The molecule has 0 unspecified atom stereocenters. The number of aromatic nitrogens is 2. The summed E-state index contributed by atoms with van der Waals surface area (Å²) in [7, 11) is 1.98. The summed E-state index contributed by atoms with van der Waals surface area (Å²) in [6, 6.07) is 17.7. The van der Waals surface area contributed by atoms with E-state index in [0.29, 0.717) is 0 Å². The van der Waals surface area contributed by atoms with Crippen LogP contribution in [0.3, 0.4) is 0 Å². The maximum Gasteiger partial charge on any atom is 0.248 e. The zero-order chi connectivity index (χ0) is 17.6. The molecule has 2 aromatic carbocycles. The molecule has 3 rings (SSSR count). The lowest BCUT2D eigenvalue weighted by Crippen LogP contribution is -2.07. The molecule has 5 heteroatoms. The number of amides is 1. The van der Waals surface area contributed by atoms with Crippen LogP contribution < -0.4 is 5.32 Å². The topological polar surface area (TPSA) is 46.9 Å². The Kier molecular flexibility index (Phi) is 5.36. The summed E-state index contributed by atoms with van der Waals surface area (Å²) < 4.78 is 2.03. The Balaban J connectivity index is 1.66. The van der Waals surface area contributed by atoms with E-state index >= 15 is 0 Å². The van der Waals surface area contributed by atoms with Crippen molar-refractivity contribution >= 4 is 23.4 Å². The smallest absolute Gasteiger partial charge is 0.248 e. The van der Waals surface area contributed by atoms with Gasteiger partial charge < -0.3 is 9.88 Å². The van der Waals surface area contributed by atoms with Crippen LogP contribution in [-0.4, -0.2) is 15.5 Å². The second-order valence-electron chi connectivity index (χ2n) is 5.55. The molecule has 0 saturated carbocycles. The van der Waals surface area contributed by atoms with Crippen molar-refractivity contribution in [1.29, 1.82) is 0 Å². The number of hydrogen-bond acceptors (Lipinski definition) is 3. The standard InChI is InChI=1S/C20H19N3OS/c1-15-21-14-19(23(15)2)16-7-6-8-17(13-16)22-20(24)11-12-25-18-9-4-3-5-10-18/h3-14H,1-2H3,(H,22,24)/b12-11-. The molecule has 0 saturated heterocycles. The van der Waals surface area contributed by atoms with Gasteiger partial charge in [0.05, 0.1) is 11.9 Å². The summed E-state index contributed by atoms with van der Waals surface area (Å²) in [5.41, 5.74) is 2.79. The van der Waals surface area contributed by atoms with Gasteiger partial charge in [0.2, 0.25) is 5.91 Å². The molecule has 1 N–H and O–H groups in total. The molecule has 1 aromatic heterocycles. The summed E-state index contributed by atoms with van der Waals surface area (Å²) >= 11 is 1.51. The van der Waals surface area contributed by atoms with Gasteiger partial charge in [-0.25, -0.2) is 4.98 Å². The molecule has 0 aliphatic carbocycles. The number of carbonyl (C=O) groups excluding carboxylic acids is 1. The first-order valence-electron chi connectivity index (χ1n) is 7.91. The number of nitrogens with zero attached hydrogens (tertiary/aromatic N) is 2. The minimum atomic E-state index is -0.151. The lowest BCUT2D eigenvalue weighted by molar-refractivity contribution is -0.111. The van der Waals surface area contributed by atoms with Crippen LogP contribution in [-0.2, 0) is 11.8 Å². The van der Waals surface area contributed by atoms with Crippen LogP contribution in [0.25, 0.3) is 11.3 Å². The van der Waals surface area contributed by atoms with Crippen molar-refractivity contribution in [3.05, 3.63) is 78.1 Å². The molecule has 3 aromatic rings. The largest absolute Gasteiger partial charge is 0.331 e. The number of nitrogens with one attached hydrogen (secondary N) is 1. The van der Waals surface area contributed by atoms with Crippen LogP contribution in [0.2, 0.25) is 0 Å². The van der Waals surface area contributed by atoms with Gasteiger partial charge in [-0.05, 0) is 36.6 Å². The van der Waals surface area contributed by atoms with Crippen molar-refractivity contribution in [2.45, 2.75) is 11.8 Å². The Morgan fingerprint density at radius 1 is 1.16 bits per heavy atom. The van der Waals surface area contributed by atoms with Crippen molar-refractivity contribution in [3.8, 4) is 11.3 Å². The van der Waals surface area contributed by atoms with E-state index in [1.807, 2.05) is 79.3 Å². The van der Waals surface area contributed by atoms with Crippen molar-refractivity contribution in [3.63, 3.8) is 0 Å². The number of thioether (sulfide) groups is 1. The maximum atomic E-state index is 12.1. The van der Waals surface area contributed by atoms with Gasteiger partial charge in [-0.1, -0.05) is 42.1 Å². The molecule has 0 aliphatic heterocycles. The second-order valence-corrected chi connectivity index (χ2v) is 6.53. The predicted molar refractivity (Wildman–Crippen MR) is 103 cm³/mol. The SMILES string of the molecule is Cc1ncc(-c2cccc(NC(=O)/C=C\Sc3ccccc3)c2)n1C. The third kappa shape index (κ3) is 4.39. The predicted octanol–water partition coefficient (Wildman–Crippen LogP) is 4.64. The van der Waals surface area contributed by atoms with E-state index in [9.17, 15) is 4.79 Å². The molecule has 25 heavy (non-hydrogen) atoms. The van der Waals surface area contributed by atoms with Crippen molar-refractivity contribution in [2.24, 2.45) is 7.05 Å².